The lowest BCUT2D eigenvalue weighted by atomic mass is 10.2. The van der Waals surface area contributed by atoms with Crippen molar-refractivity contribution >= 4 is 18.1 Å². The van der Waals surface area contributed by atoms with E-state index in [2.05, 4.69) is 15.9 Å². The first-order valence-corrected chi connectivity index (χ1v) is 9.14. The van der Waals surface area contributed by atoms with Gasteiger partial charge in [-0.3, -0.25) is 4.90 Å². The molecule has 3 rings (SSSR count). The van der Waals surface area contributed by atoms with Crippen LogP contribution in [0.1, 0.15) is 5.56 Å². The standard InChI is InChI=1S/C21H28N2O3.ClH/c1-17-7-3-5-9-20(17)26-16-18(24)15-22-11-13-23(14-12-22)19-8-4-6-10-21(19)25-2;/h3-10,18,24H,11-16H2,1-2H3;1H. The number of aliphatic hydroxyl groups excluding tert-OH is 1. The minimum Gasteiger partial charge on any atom is -0.495 e. The summed E-state index contributed by atoms with van der Waals surface area (Å²) < 4.78 is 11.2. The van der Waals surface area contributed by atoms with E-state index in [1.165, 1.54) is 0 Å². The second-order valence-corrected chi connectivity index (χ2v) is 6.69. The van der Waals surface area contributed by atoms with Crippen molar-refractivity contribution in [3.05, 3.63) is 54.1 Å². The van der Waals surface area contributed by atoms with Crippen LogP contribution in [0.4, 0.5) is 5.69 Å². The van der Waals surface area contributed by atoms with E-state index in [1.54, 1.807) is 7.11 Å². The highest BCUT2D eigenvalue weighted by Crippen LogP contribution is 2.28. The predicted molar refractivity (Wildman–Crippen MR) is 112 cm³/mol. The average Bonchev–Trinajstić information content (AvgIpc) is 2.68. The maximum Gasteiger partial charge on any atom is 0.142 e. The van der Waals surface area contributed by atoms with Gasteiger partial charge in [0.2, 0.25) is 0 Å². The molecule has 0 amide bonds. The Kier molecular flexibility index (Phi) is 8.23. The number of hydrogen-bond acceptors (Lipinski definition) is 5. The molecule has 5 nitrogen and oxygen atoms in total. The summed E-state index contributed by atoms with van der Waals surface area (Å²) in [6.45, 7) is 6.64. The molecule has 0 spiro atoms. The zero-order chi connectivity index (χ0) is 18.4. The van der Waals surface area contributed by atoms with E-state index >= 15 is 0 Å². The number of ether oxygens (including phenoxy) is 2. The maximum absolute atomic E-state index is 10.3. The third-order valence-corrected chi connectivity index (χ3v) is 4.79. The first-order valence-electron chi connectivity index (χ1n) is 9.14. The molecule has 1 aliphatic rings. The number of methoxy groups -OCH3 is 1. The molecule has 0 saturated carbocycles. The molecule has 27 heavy (non-hydrogen) atoms. The number of anilines is 1. The van der Waals surface area contributed by atoms with Crippen LogP contribution in [-0.4, -0.2) is 62.6 Å². The van der Waals surface area contributed by atoms with Gasteiger partial charge in [-0.05, 0) is 30.7 Å². The fraction of sp³-hybridized carbons (Fsp3) is 0.429. The third kappa shape index (κ3) is 5.76. The van der Waals surface area contributed by atoms with E-state index in [1.807, 2.05) is 49.4 Å². The van der Waals surface area contributed by atoms with Crippen LogP contribution in [0.3, 0.4) is 0 Å². The average molecular weight is 393 g/mol. The monoisotopic (exact) mass is 392 g/mol. The van der Waals surface area contributed by atoms with Crippen molar-refractivity contribution in [1.82, 2.24) is 4.90 Å². The van der Waals surface area contributed by atoms with Gasteiger partial charge in [0.15, 0.2) is 0 Å². The van der Waals surface area contributed by atoms with Crippen molar-refractivity contribution in [2.24, 2.45) is 0 Å². The molecule has 0 bridgehead atoms. The van der Waals surface area contributed by atoms with E-state index in [4.69, 9.17) is 9.47 Å². The molecule has 6 heteroatoms. The highest BCUT2D eigenvalue weighted by atomic mass is 35.5. The molecule has 1 heterocycles. The van der Waals surface area contributed by atoms with Crippen LogP contribution in [0, 0.1) is 6.92 Å². The van der Waals surface area contributed by atoms with Gasteiger partial charge in [0.25, 0.3) is 0 Å². The molecule has 0 aliphatic carbocycles. The number of β-amino-alcohol motifs (C(OH)–C–C–N with tert-alkyl or cyclic N) is 1. The number of halogens is 1. The summed E-state index contributed by atoms with van der Waals surface area (Å²) in [5.74, 6) is 1.75. The second kappa shape index (κ2) is 10.4. The van der Waals surface area contributed by atoms with Crippen LogP contribution in [0.15, 0.2) is 48.5 Å². The van der Waals surface area contributed by atoms with Gasteiger partial charge in [-0.1, -0.05) is 30.3 Å². The van der Waals surface area contributed by atoms with Crippen molar-refractivity contribution < 1.29 is 14.6 Å². The topological polar surface area (TPSA) is 45.2 Å². The number of nitrogens with zero attached hydrogens (tertiary/aromatic N) is 2. The third-order valence-electron chi connectivity index (χ3n) is 4.79. The fourth-order valence-electron chi connectivity index (χ4n) is 3.32. The number of aryl methyl sites for hydroxylation is 1. The fourth-order valence-corrected chi connectivity index (χ4v) is 3.32. The first-order chi connectivity index (χ1) is 12.7. The summed E-state index contributed by atoms with van der Waals surface area (Å²) in [6, 6.07) is 16.0. The molecule has 1 aliphatic heterocycles. The quantitative estimate of drug-likeness (QED) is 0.784. The number of hydrogen-bond donors (Lipinski definition) is 1. The Balaban J connectivity index is 0.00000261. The molecular formula is C21H29ClN2O3. The molecule has 0 aromatic heterocycles. The highest BCUT2D eigenvalue weighted by Gasteiger charge is 2.21. The van der Waals surface area contributed by atoms with Crippen LogP contribution in [0.25, 0.3) is 0 Å². The van der Waals surface area contributed by atoms with Crippen molar-refractivity contribution in [1.29, 1.82) is 0 Å². The minimum atomic E-state index is -0.493. The number of piperazine rings is 1. The molecule has 1 atom stereocenters. The van der Waals surface area contributed by atoms with Crippen LogP contribution in [-0.2, 0) is 0 Å². The number of para-hydroxylation sites is 3. The number of rotatable bonds is 7. The van der Waals surface area contributed by atoms with Crippen molar-refractivity contribution in [2.75, 3.05) is 51.3 Å². The summed E-state index contributed by atoms with van der Waals surface area (Å²) >= 11 is 0. The Morgan fingerprint density at radius 3 is 2.26 bits per heavy atom. The molecular weight excluding hydrogens is 364 g/mol. The van der Waals surface area contributed by atoms with Gasteiger partial charge in [-0.15, -0.1) is 12.4 Å². The van der Waals surface area contributed by atoms with Gasteiger partial charge in [0.05, 0.1) is 12.8 Å². The molecule has 2 aromatic rings. The van der Waals surface area contributed by atoms with E-state index in [9.17, 15) is 5.11 Å². The van der Waals surface area contributed by atoms with E-state index in [-0.39, 0.29) is 12.4 Å². The molecule has 148 valence electrons. The SMILES string of the molecule is COc1ccccc1N1CCN(CC(O)COc2ccccc2C)CC1.Cl. The Labute approximate surface area is 167 Å². The Morgan fingerprint density at radius 2 is 1.59 bits per heavy atom. The zero-order valence-corrected chi connectivity index (χ0v) is 16.8. The summed E-state index contributed by atoms with van der Waals surface area (Å²) in [5.41, 5.74) is 2.23. The smallest absolute Gasteiger partial charge is 0.142 e. The van der Waals surface area contributed by atoms with Crippen molar-refractivity contribution in [3.8, 4) is 11.5 Å². The van der Waals surface area contributed by atoms with Crippen molar-refractivity contribution in [3.63, 3.8) is 0 Å². The van der Waals surface area contributed by atoms with E-state index in [0.29, 0.717) is 13.2 Å². The minimum absolute atomic E-state index is 0. The molecule has 2 aromatic carbocycles. The lowest BCUT2D eigenvalue weighted by Crippen LogP contribution is -2.49. The maximum atomic E-state index is 10.3. The van der Waals surface area contributed by atoms with Crippen LogP contribution < -0.4 is 14.4 Å². The first kappa shape index (κ1) is 21.4. The number of benzene rings is 2. The lowest BCUT2D eigenvalue weighted by molar-refractivity contribution is 0.0660. The van der Waals surface area contributed by atoms with Gasteiger partial charge in [0.1, 0.15) is 24.2 Å². The molecule has 0 radical (unpaired) electrons. The van der Waals surface area contributed by atoms with Crippen LogP contribution in [0.2, 0.25) is 0 Å². The summed E-state index contributed by atoms with van der Waals surface area (Å²) in [7, 11) is 1.71. The Morgan fingerprint density at radius 1 is 0.963 bits per heavy atom. The van der Waals surface area contributed by atoms with Crippen molar-refractivity contribution in [2.45, 2.75) is 13.0 Å². The van der Waals surface area contributed by atoms with E-state index in [0.717, 1.165) is 48.9 Å². The normalized spacial score (nSPS) is 15.7. The number of aliphatic hydroxyl groups is 1. The highest BCUT2D eigenvalue weighted by molar-refractivity contribution is 5.85. The summed E-state index contributed by atoms with van der Waals surface area (Å²) in [6.07, 6.45) is -0.493. The largest absolute Gasteiger partial charge is 0.495 e. The second-order valence-electron chi connectivity index (χ2n) is 6.69. The van der Waals surface area contributed by atoms with Gasteiger partial charge < -0.3 is 19.5 Å². The lowest BCUT2D eigenvalue weighted by Gasteiger charge is -2.37. The summed E-state index contributed by atoms with van der Waals surface area (Å²) in [4.78, 5) is 4.63. The van der Waals surface area contributed by atoms with Gasteiger partial charge >= 0.3 is 0 Å². The summed E-state index contributed by atoms with van der Waals surface area (Å²) in [5, 5.41) is 10.3. The van der Waals surface area contributed by atoms with Crippen LogP contribution in [0.5, 0.6) is 11.5 Å². The molecule has 1 unspecified atom stereocenters. The van der Waals surface area contributed by atoms with E-state index < -0.39 is 6.10 Å². The molecule has 1 fully saturated rings. The molecule has 1 saturated heterocycles. The van der Waals surface area contributed by atoms with Gasteiger partial charge in [0, 0.05) is 32.7 Å². The Hall–Kier alpha value is -1.95. The predicted octanol–water partition coefficient (Wildman–Crippen LogP) is 2.99. The zero-order valence-electron chi connectivity index (χ0n) is 16.0. The van der Waals surface area contributed by atoms with Crippen LogP contribution >= 0.6 is 12.4 Å². The van der Waals surface area contributed by atoms with Gasteiger partial charge in [-0.25, -0.2) is 0 Å². The van der Waals surface area contributed by atoms with Gasteiger partial charge in [-0.2, -0.15) is 0 Å². The Bertz CT molecular complexity index is 705. The molecule has 1 N–H and O–H groups in total.